The topological polar surface area (TPSA) is 81.8 Å². The van der Waals surface area contributed by atoms with Crippen molar-refractivity contribution in [3.63, 3.8) is 0 Å². The van der Waals surface area contributed by atoms with Crippen LogP contribution in [0.1, 0.15) is 31.2 Å². The summed E-state index contributed by atoms with van der Waals surface area (Å²) in [7, 11) is 0. The Bertz CT molecular complexity index is 961. The van der Waals surface area contributed by atoms with E-state index in [-0.39, 0.29) is 24.1 Å². The van der Waals surface area contributed by atoms with Gasteiger partial charge < -0.3 is 15.5 Å². The normalized spacial score (nSPS) is 18.9. The molecule has 2 aliphatic heterocycles. The van der Waals surface area contributed by atoms with Gasteiger partial charge in [-0.1, -0.05) is 54.6 Å². The average molecular weight is 449 g/mol. The Kier molecular flexibility index (Phi) is 7.73. The van der Waals surface area contributed by atoms with E-state index in [1.54, 1.807) is 0 Å². The van der Waals surface area contributed by atoms with E-state index in [0.717, 1.165) is 30.5 Å². The van der Waals surface area contributed by atoms with Crippen LogP contribution >= 0.6 is 0 Å². The highest BCUT2D eigenvalue weighted by molar-refractivity contribution is 5.88. The van der Waals surface area contributed by atoms with Crippen LogP contribution in [0.3, 0.4) is 0 Å². The second-order valence-electron chi connectivity index (χ2n) is 8.73. The maximum Gasteiger partial charge on any atom is 0.237 e. The van der Waals surface area contributed by atoms with Crippen molar-refractivity contribution in [2.45, 2.75) is 38.3 Å². The van der Waals surface area contributed by atoms with E-state index in [0.29, 0.717) is 39.1 Å². The fraction of sp³-hybridized carbons (Fsp3) is 0.423. The molecule has 7 nitrogen and oxygen atoms in total. The molecule has 2 aliphatic rings. The molecule has 0 saturated carbocycles. The zero-order chi connectivity index (χ0) is 23.0. The van der Waals surface area contributed by atoms with Gasteiger partial charge >= 0.3 is 0 Å². The summed E-state index contributed by atoms with van der Waals surface area (Å²) in [5.74, 6) is -0.0261. The predicted molar refractivity (Wildman–Crippen MR) is 127 cm³/mol. The molecule has 2 aromatic rings. The lowest BCUT2D eigenvalue weighted by Gasteiger charge is -2.34. The molecule has 3 amide bonds. The van der Waals surface area contributed by atoms with Crippen molar-refractivity contribution < 1.29 is 14.4 Å². The molecule has 174 valence electrons. The first-order valence-corrected chi connectivity index (χ1v) is 11.8. The minimum Gasteiger partial charge on any atom is -0.356 e. The Morgan fingerprint density at radius 2 is 1.76 bits per heavy atom. The van der Waals surface area contributed by atoms with Crippen molar-refractivity contribution in [2.24, 2.45) is 0 Å². The van der Waals surface area contributed by atoms with Crippen LogP contribution in [-0.4, -0.2) is 66.3 Å². The van der Waals surface area contributed by atoms with Gasteiger partial charge in [-0.3, -0.25) is 19.3 Å². The van der Waals surface area contributed by atoms with Crippen LogP contribution in [0.25, 0.3) is 11.1 Å². The molecule has 0 aromatic heterocycles. The third kappa shape index (κ3) is 6.20. The molecule has 2 fully saturated rings. The first-order valence-electron chi connectivity index (χ1n) is 11.8. The molecule has 2 saturated heterocycles. The van der Waals surface area contributed by atoms with Gasteiger partial charge in [0.15, 0.2) is 0 Å². The number of benzene rings is 2. The smallest absolute Gasteiger partial charge is 0.237 e. The predicted octanol–water partition coefficient (Wildman–Crippen LogP) is 2.17. The SMILES string of the molecule is O=C(C[C@H]1C(=O)NCCN1Cc1ccc(-c2ccccc2)cc1)NCCCN1CCCC1=O. The minimum atomic E-state index is -0.479. The number of amides is 3. The van der Waals surface area contributed by atoms with E-state index in [2.05, 4.69) is 51.9 Å². The van der Waals surface area contributed by atoms with Gasteiger partial charge in [0.05, 0.1) is 12.5 Å². The molecule has 4 rings (SSSR count). The largest absolute Gasteiger partial charge is 0.356 e. The number of nitrogens with zero attached hydrogens (tertiary/aromatic N) is 2. The fourth-order valence-corrected chi connectivity index (χ4v) is 4.53. The molecular weight excluding hydrogens is 416 g/mol. The molecule has 7 heteroatoms. The standard InChI is InChI=1S/C26H32N4O3/c31-24(27-13-5-16-29-15-4-8-25(29)32)18-23-26(33)28-14-17-30(23)19-20-9-11-22(12-10-20)21-6-2-1-3-7-21/h1-3,6-7,9-12,23H,4-5,8,13-19H2,(H,27,31)(H,28,33)/t23-/m0/s1. The van der Waals surface area contributed by atoms with Gasteiger partial charge in [-0.05, 0) is 29.5 Å². The Labute approximate surface area is 195 Å². The Balaban J connectivity index is 1.28. The molecule has 2 N–H and O–H groups in total. The Morgan fingerprint density at radius 1 is 1.00 bits per heavy atom. The van der Waals surface area contributed by atoms with Gasteiger partial charge in [0.25, 0.3) is 0 Å². The highest BCUT2D eigenvalue weighted by Crippen LogP contribution is 2.21. The van der Waals surface area contributed by atoms with Gasteiger partial charge in [0.1, 0.15) is 0 Å². The van der Waals surface area contributed by atoms with Crippen molar-refractivity contribution >= 4 is 17.7 Å². The number of piperazine rings is 1. The van der Waals surface area contributed by atoms with Gasteiger partial charge in [-0.2, -0.15) is 0 Å². The number of carbonyl (C=O) groups excluding carboxylic acids is 3. The molecule has 0 radical (unpaired) electrons. The van der Waals surface area contributed by atoms with Crippen LogP contribution in [0.4, 0.5) is 0 Å². The highest BCUT2D eigenvalue weighted by Gasteiger charge is 2.31. The molecular formula is C26H32N4O3. The Hall–Kier alpha value is -3.19. The fourth-order valence-electron chi connectivity index (χ4n) is 4.53. The van der Waals surface area contributed by atoms with E-state index in [4.69, 9.17) is 0 Å². The summed E-state index contributed by atoms with van der Waals surface area (Å²) in [5, 5.41) is 5.80. The van der Waals surface area contributed by atoms with E-state index < -0.39 is 6.04 Å². The number of carbonyl (C=O) groups is 3. The Morgan fingerprint density at radius 3 is 2.48 bits per heavy atom. The molecule has 33 heavy (non-hydrogen) atoms. The lowest BCUT2D eigenvalue weighted by molar-refractivity contribution is -0.134. The molecule has 2 aromatic carbocycles. The summed E-state index contributed by atoms with van der Waals surface area (Å²) in [4.78, 5) is 40.7. The number of hydrogen-bond acceptors (Lipinski definition) is 4. The van der Waals surface area contributed by atoms with Crippen LogP contribution < -0.4 is 10.6 Å². The summed E-state index contributed by atoms with van der Waals surface area (Å²) >= 11 is 0. The monoisotopic (exact) mass is 448 g/mol. The lowest BCUT2D eigenvalue weighted by Crippen LogP contribution is -2.56. The second kappa shape index (κ2) is 11.1. The molecule has 0 spiro atoms. The molecule has 0 aliphatic carbocycles. The molecule has 2 heterocycles. The summed E-state index contributed by atoms with van der Waals surface area (Å²) in [6.45, 7) is 3.92. The maximum atomic E-state index is 12.5. The summed E-state index contributed by atoms with van der Waals surface area (Å²) in [6.07, 6.45) is 2.42. The van der Waals surface area contributed by atoms with Crippen molar-refractivity contribution in [1.82, 2.24) is 20.4 Å². The molecule has 0 unspecified atom stereocenters. The van der Waals surface area contributed by atoms with E-state index in [9.17, 15) is 14.4 Å². The van der Waals surface area contributed by atoms with Crippen LogP contribution in [0.2, 0.25) is 0 Å². The zero-order valence-corrected chi connectivity index (χ0v) is 19.0. The third-order valence-corrected chi connectivity index (χ3v) is 6.37. The first-order chi connectivity index (χ1) is 16.1. The van der Waals surface area contributed by atoms with Crippen molar-refractivity contribution in [2.75, 3.05) is 32.7 Å². The van der Waals surface area contributed by atoms with Crippen LogP contribution in [0.15, 0.2) is 54.6 Å². The summed E-state index contributed by atoms with van der Waals surface area (Å²) in [6, 6.07) is 18.1. The maximum absolute atomic E-state index is 12.5. The van der Waals surface area contributed by atoms with Crippen LogP contribution in [-0.2, 0) is 20.9 Å². The van der Waals surface area contributed by atoms with Crippen LogP contribution in [0, 0.1) is 0 Å². The lowest BCUT2D eigenvalue weighted by atomic mass is 10.0. The van der Waals surface area contributed by atoms with Crippen molar-refractivity contribution in [3.8, 4) is 11.1 Å². The summed E-state index contributed by atoms with van der Waals surface area (Å²) < 4.78 is 0. The van der Waals surface area contributed by atoms with E-state index in [1.807, 2.05) is 23.1 Å². The van der Waals surface area contributed by atoms with E-state index >= 15 is 0 Å². The van der Waals surface area contributed by atoms with Gasteiger partial charge in [0.2, 0.25) is 17.7 Å². The minimum absolute atomic E-state index is 0.0973. The third-order valence-electron chi connectivity index (χ3n) is 6.37. The molecule has 1 atom stereocenters. The average Bonchev–Trinajstić information content (AvgIpc) is 3.24. The number of rotatable bonds is 9. The number of nitrogens with one attached hydrogen (secondary N) is 2. The second-order valence-corrected chi connectivity index (χ2v) is 8.73. The van der Waals surface area contributed by atoms with Gasteiger partial charge in [-0.15, -0.1) is 0 Å². The van der Waals surface area contributed by atoms with Crippen LogP contribution in [0.5, 0.6) is 0 Å². The van der Waals surface area contributed by atoms with Crippen molar-refractivity contribution in [1.29, 1.82) is 0 Å². The highest BCUT2D eigenvalue weighted by atomic mass is 16.2. The summed E-state index contributed by atoms with van der Waals surface area (Å²) in [5.41, 5.74) is 3.44. The zero-order valence-electron chi connectivity index (χ0n) is 19.0. The first kappa shape index (κ1) is 23.0. The van der Waals surface area contributed by atoms with Gasteiger partial charge in [0, 0.05) is 45.7 Å². The van der Waals surface area contributed by atoms with E-state index in [1.165, 1.54) is 5.56 Å². The number of hydrogen-bond donors (Lipinski definition) is 2. The van der Waals surface area contributed by atoms with Crippen molar-refractivity contribution in [3.05, 3.63) is 60.2 Å². The number of likely N-dealkylation sites (tertiary alicyclic amines) is 1. The molecule has 0 bridgehead atoms. The van der Waals surface area contributed by atoms with Gasteiger partial charge in [-0.25, -0.2) is 0 Å². The quantitative estimate of drug-likeness (QED) is 0.576.